The SMILES string of the molecule is CCOC(=O)C1=C(CN2CCCCCC2)NC(=O)N[C@@H]1c1ccc(OC)cc1. The van der Waals surface area contributed by atoms with Gasteiger partial charge in [-0.05, 0) is 50.6 Å². The lowest BCUT2D eigenvalue weighted by Crippen LogP contribution is -2.48. The molecule has 1 saturated heterocycles. The van der Waals surface area contributed by atoms with Gasteiger partial charge >= 0.3 is 12.0 Å². The summed E-state index contributed by atoms with van der Waals surface area (Å²) in [7, 11) is 1.60. The van der Waals surface area contributed by atoms with Crippen molar-refractivity contribution in [3.8, 4) is 5.75 Å². The number of carbonyl (C=O) groups is 2. The molecule has 2 heterocycles. The van der Waals surface area contributed by atoms with E-state index in [1.165, 1.54) is 12.8 Å². The summed E-state index contributed by atoms with van der Waals surface area (Å²) in [6.45, 7) is 4.53. The smallest absolute Gasteiger partial charge is 0.338 e. The molecule has 0 unspecified atom stereocenters. The monoisotopic (exact) mass is 387 g/mol. The summed E-state index contributed by atoms with van der Waals surface area (Å²) in [5, 5.41) is 5.73. The van der Waals surface area contributed by atoms with E-state index >= 15 is 0 Å². The highest BCUT2D eigenvalue weighted by atomic mass is 16.5. The van der Waals surface area contributed by atoms with E-state index in [1.807, 2.05) is 24.3 Å². The number of rotatable bonds is 6. The van der Waals surface area contributed by atoms with E-state index in [2.05, 4.69) is 15.5 Å². The summed E-state index contributed by atoms with van der Waals surface area (Å²) in [6.07, 6.45) is 4.72. The van der Waals surface area contributed by atoms with Gasteiger partial charge in [0.2, 0.25) is 0 Å². The third-order valence-electron chi connectivity index (χ3n) is 5.18. The minimum atomic E-state index is -0.555. The van der Waals surface area contributed by atoms with Crippen LogP contribution in [0.1, 0.15) is 44.2 Å². The van der Waals surface area contributed by atoms with Crippen molar-refractivity contribution in [3.63, 3.8) is 0 Å². The van der Waals surface area contributed by atoms with Gasteiger partial charge in [-0.2, -0.15) is 0 Å². The highest BCUT2D eigenvalue weighted by Gasteiger charge is 2.34. The number of nitrogens with one attached hydrogen (secondary N) is 2. The molecule has 1 aromatic carbocycles. The molecule has 7 heteroatoms. The third-order valence-corrected chi connectivity index (χ3v) is 5.18. The lowest BCUT2D eigenvalue weighted by atomic mass is 9.95. The summed E-state index contributed by atoms with van der Waals surface area (Å²) in [5.41, 5.74) is 1.91. The van der Waals surface area contributed by atoms with Crippen LogP contribution in [0.25, 0.3) is 0 Å². The Bertz CT molecular complexity index is 722. The fourth-order valence-electron chi connectivity index (χ4n) is 3.76. The lowest BCUT2D eigenvalue weighted by molar-refractivity contribution is -0.139. The van der Waals surface area contributed by atoms with Crippen molar-refractivity contribution in [2.24, 2.45) is 0 Å². The van der Waals surface area contributed by atoms with Crippen molar-refractivity contribution in [3.05, 3.63) is 41.1 Å². The van der Waals surface area contributed by atoms with Crippen molar-refractivity contribution in [2.45, 2.75) is 38.6 Å². The van der Waals surface area contributed by atoms with Gasteiger partial charge < -0.3 is 20.1 Å². The number of hydrogen-bond acceptors (Lipinski definition) is 5. The fraction of sp³-hybridized carbons (Fsp3) is 0.524. The summed E-state index contributed by atoms with van der Waals surface area (Å²) in [5.74, 6) is 0.316. The van der Waals surface area contributed by atoms with Crippen molar-refractivity contribution in [1.29, 1.82) is 0 Å². The number of ether oxygens (including phenoxy) is 2. The van der Waals surface area contributed by atoms with Crippen molar-refractivity contribution >= 4 is 12.0 Å². The molecular formula is C21H29N3O4. The van der Waals surface area contributed by atoms with Crippen molar-refractivity contribution < 1.29 is 19.1 Å². The molecule has 0 aromatic heterocycles. The van der Waals surface area contributed by atoms with Crippen molar-refractivity contribution in [2.75, 3.05) is 33.4 Å². The zero-order valence-electron chi connectivity index (χ0n) is 16.6. The molecule has 2 aliphatic rings. The number of hydrogen-bond donors (Lipinski definition) is 2. The van der Waals surface area contributed by atoms with Crippen LogP contribution in [-0.4, -0.2) is 50.3 Å². The molecule has 152 valence electrons. The van der Waals surface area contributed by atoms with E-state index in [0.717, 1.165) is 37.2 Å². The molecule has 7 nitrogen and oxygen atoms in total. The first-order valence-corrected chi connectivity index (χ1v) is 9.96. The number of likely N-dealkylation sites (tertiary alicyclic amines) is 1. The molecule has 1 fully saturated rings. The number of nitrogens with zero attached hydrogens (tertiary/aromatic N) is 1. The summed E-state index contributed by atoms with van der Waals surface area (Å²) in [6, 6.07) is 6.50. The molecule has 28 heavy (non-hydrogen) atoms. The highest BCUT2D eigenvalue weighted by molar-refractivity contribution is 5.95. The molecule has 2 aliphatic heterocycles. The molecule has 1 aromatic rings. The zero-order valence-corrected chi connectivity index (χ0v) is 16.6. The van der Waals surface area contributed by atoms with Gasteiger partial charge in [0, 0.05) is 12.2 Å². The first-order chi connectivity index (χ1) is 13.6. The van der Waals surface area contributed by atoms with Gasteiger partial charge in [-0.25, -0.2) is 9.59 Å². The molecule has 0 spiro atoms. The minimum absolute atomic E-state index is 0.280. The maximum absolute atomic E-state index is 12.8. The van der Waals surface area contributed by atoms with Gasteiger partial charge in [0.1, 0.15) is 5.75 Å². The highest BCUT2D eigenvalue weighted by Crippen LogP contribution is 2.29. The summed E-state index contributed by atoms with van der Waals surface area (Å²) >= 11 is 0. The predicted molar refractivity (Wildman–Crippen MR) is 106 cm³/mol. The quantitative estimate of drug-likeness (QED) is 0.734. The molecule has 0 radical (unpaired) electrons. The average molecular weight is 387 g/mol. The number of urea groups is 1. The minimum Gasteiger partial charge on any atom is -0.497 e. The Balaban J connectivity index is 1.95. The van der Waals surface area contributed by atoms with E-state index in [-0.39, 0.29) is 12.6 Å². The molecule has 0 saturated carbocycles. The Labute approximate surface area is 166 Å². The number of amides is 2. The largest absolute Gasteiger partial charge is 0.497 e. The summed E-state index contributed by atoms with van der Waals surface area (Å²) in [4.78, 5) is 27.5. The topological polar surface area (TPSA) is 79.9 Å². The predicted octanol–water partition coefficient (Wildman–Crippen LogP) is 2.74. The lowest BCUT2D eigenvalue weighted by Gasteiger charge is -2.32. The van der Waals surface area contributed by atoms with Crippen LogP contribution in [0.3, 0.4) is 0 Å². The molecule has 2 N–H and O–H groups in total. The first kappa shape index (κ1) is 20.2. The maximum Gasteiger partial charge on any atom is 0.338 e. The molecule has 2 amide bonds. The van der Waals surface area contributed by atoms with Crippen LogP contribution in [0.15, 0.2) is 35.5 Å². The zero-order chi connectivity index (χ0) is 19.9. The molecule has 1 atom stereocenters. The Hall–Kier alpha value is -2.54. The normalized spacial score (nSPS) is 20.8. The Morgan fingerprint density at radius 1 is 1.14 bits per heavy atom. The molecular weight excluding hydrogens is 358 g/mol. The van der Waals surface area contributed by atoms with Gasteiger partial charge in [0.15, 0.2) is 0 Å². The Morgan fingerprint density at radius 3 is 2.43 bits per heavy atom. The van der Waals surface area contributed by atoms with Gasteiger partial charge in [-0.3, -0.25) is 4.90 Å². The molecule has 0 aliphatic carbocycles. The second kappa shape index (κ2) is 9.59. The van der Waals surface area contributed by atoms with E-state index in [9.17, 15) is 9.59 Å². The van der Waals surface area contributed by atoms with Crippen molar-refractivity contribution in [1.82, 2.24) is 15.5 Å². The van der Waals surface area contributed by atoms with E-state index < -0.39 is 12.0 Å². The number of esters is 1. The number of carbonyl (C=O) groups excluding carboxylic acids is 2. The van der Waals surface area contributed by atoms with Crippen LogP contribution in [0.2, 0.25) is 0 Å². The van der Waals surface area contributed by atoms with Crippen LogP contribution in [0.5, 0.6) is 5.75 Å². The first-order valence-electron chi connectivity index (χ1n) is 9.96. The van der Waals surface area contributed by atoms with E-state index in [1.54, 1.807) is 14.0 Å². The van der Waals surface area contributed by atoms with Gasteiger partial charge in [0.25, 0.3) is 0 Å². The van der Waals surface area contributed by atoms with Gasteiger partial charge in [-0.15, -0.1) is 0 Å². The van der Waals surface area contributed by atoms with E-state index in [4.69, 9.17) is 9.47 Å². The van der Waals surface area contributed by atoms with Crippen LogP contribution >= 0.6 is 0 Å². The van der Waals surface area contributed by atoms with E-state index in [0.29, 0.717) is 17.8 Å². The van der Waals surface area contributed by atoms with Crippen LogP contribution in [0.4, 0.5) is 4.79 Å². The second-order valence-corrected chi connectivity index (χ2v) is 7.11. The third kappa shape index (κ3) is 4.84. The molecule has 0 bridgehead atoms. The second-order valence-electron chi connectivity index (χ2n) is 7.11. The Kier molecular flexibility index (Phi) is 6.92. The number of benzene rings is 1. The van der Waals surface area contributed by atoms with Crippen LogP contribution < -0.4 is 15.4 Å². The van der Waals surface area contributed by atoms with Crippen LogP contribution in [-0.2, 0) is 9.53 Å². The average Bonchev–Trinajstić information content (AvgIpc) is 2.96. The van der Waals surface area contributed by atoms with Gasteiger partial charge in [-0.1, -0.05) is 25.0 Å². The standard InChI is InChI=1S/C21H29N3O4/c1-3-28-20(25)18-17(14-24-12-6-4-5-7-13-24)22-21(26)23-19(18)15-8-10-16(27-2)11-9-15/h8-11,19H,3-7,12-14H2,1-2H3,(H2,22,23,26)/t19-/m1/s1. The number of methoxy groups -OCH3 is 1. The van der Waals surface area contributed by atoms with Crippen LogP contribution in [0, 0.1) is 0 Å². The molecule has 3 rings (SSSR count). The Morgan fingerprint density at radius 2 is 1.82 bits per heavy atom. The van der Waals surface area contributed by atoms with Gasteiger partial charge in [0.05, 0.1) is 25.3 Å². The fourth-order valence-corrected chi connectivity index (χ4v) is 3.76. The maximum atomic E-state index is 12.8. The summed E-state index contributed by atoms with van der Waals surface area (Å²) < 4.78 is 10.5.